The molecule has 1 saturated heterocycles. The number of carboxylic acids is 1. The second-order valence-electron chi connectivity index (χ2n) is 9.49. The molecule has 1 fully saturated rings. The van der Waals surface area contributed by atoms with Gasteiger partial charge in [0.2, 0.25) is 0 Å². The van der Waals surface area contributed by atoms with Crippen LogP contribution in [0, 0.1) is 6.92 Å². The van der Waals surface area contributed by atoms with Gasteiger partial charge in [0.15, 0.2) is 5.11 Å². The maximum atomic E-state index is 11.3. The summed E-state index contributed by atoms with van der Waals surface area (Å²) in [7, 11) is 0. The SMILES string of the molecule is Cc1ccc(Oc2ccc(N3C(=S)NC(c4ccccn4)C3c3ccc(-c4ccc(C(=O)O)cc4)o3)cc2)cc1. The molecule has 3 heterocycles. The van der Waals surface area contributed by atoms with Gasteiger partial charge < -0.3 is 24.5 Å². The molecule has 0 amide bonds. The number of thiocarbonyl (C=S) groups is 1. The quantitative estimate of drug-likeness (QED) is 0.205. The van der Waals surface area contributed by atoms with Gasteiger partial charge in [-0.1, -0.05) is 35.9 Å². The first-order valence-electron chi connectivity index (χ1n) is 12.7. The molecular formula is C32H25N3O4S. The van der Waals surface area contributed by atoms with E-state index < -0.39 is 5.97 Å². The van der Waals surface area contributed by atoms with Crippen molar-refractivity contribution in [3.63, 3.8) is 0 Å². The fourth-order valence-electron chi connectivity index (χ4n) is 4.78. The summed E-state index contributed by atoms with van der Waals surface area (Å²) in [6, 6.07) is 31.3. The van der Waals surface area contributed by atoms with E-state index in [2.05, 4.69) is 10.3 Å². The number of nitrogens with one attached hydrogen (secondary N) is 1. The number of aryl methyl sites for hydroxylation is 1. The van der Waals surface area contributed by atoms with Gasteiger partial charge in [0, 0.05) is 17.4 Å². The Morgan fingerprint density at radius 1 is 0.925 bits per heavy atom. The molecule has 7 nitrogen and oxygen atoms in total. The van der Waals surface area contributed by atoms with E-state index in [1.54, 1.807) is 30.5 Å². The molecule has 1 aliphatic rings. The highest BCUT2D eigenvalue weighted by atomic mass is 32.1. The molecule has 40 heavy (non-hydrogen) atoms. The van der Waals surface area contributed by atoms with Crippen molar-refractivity contribution >= 4 is 29.0 Å². The zero-order valence-electron chi connectivity index (χ0n) is 21.5. The number of benzene rings is 3. The molecule has 6 rings (SSSR count). The maximum absolute atomic E-state index is 11.3. The third-order valence-corrected chi connectivity index (χ3v) is 7.12. The summed E-state index contributed by atoms with van der Waals surface area (Å²) < 4.78 is 12.4. The minimum absolute atomic E-state index is 0.220. The van der Waals surface area contributed by atoms with Gasteiger partial charge in [-0.2, -0.15) is 0 Å². The molecule has 2 aromatic heterocycles. The lowest BCUT2D eigenvalue weighted by Gasteiger charge is -2.26. The first-order chi connectivity index (χ1) is 19.5. The monoisotopic (exact) mass is 547 g/mol. The van der Waals surface area contributed by atoms with Crippen LogP contribution in [0.25, 0.3) is 11.3 Å². The number of aromatic nitrogens is 1. The Bertz CT molecular complexity index is 1650. The van der Waals surface area contributed by atoms with Crippen molar-refractivity contribution in [1.82, 2.24) is 10.3 Å². The van der Waals surface area contributed by atoms with Crippen LogP contribution in [0.3, 0.4) is 0 Å². The number of carboxylic acid groups (broad SMARTS) is 1. The molecule has 0 aliphatic carbocycles. The van der Waals surface area contributed by atoms with Gasteiger partial charge >= 0.3 is 5.97 Å². The molecule has 3 aromatic carbocycles. The number of hydrogen-bond acceptors (Lipinski definition) is 5. The zero-order valence-corrected chi connectivity index (χ0v) is 22.3. The van der Waals surface area contributed by atoms with Crippen LogP contribution < -0.4 is 15.0 Å². The number of nitrogens with zero attached hydrogens (tertiary/aromatic N) is 2. The van der Waals surface area contributed by atoms with Crippen LogP contribution >= 0.6 is 12.2 Å². The van der Waals surface area contributed by atoms with Crippen molar-refractivity contribution < 1.29 is 19.1 Å². The summed E-state index contributed by atoms with van der Waals surface area (Å²) in [6.07, 6.45) is 1.76. The lowest BCUT2D eigenvalue weighted by molar-refractivity contribution is 0.0697. The lowest BCUT2D eigenvalue weighted by atomic mass is 10.0. The predicted octanol–water partition coefficient (Wildman–Crippen LogP) is 7.32. The first-order valence-corrected chi connectivity index (χ1v) is 13.2. The van der Waals surface area contributed by atoms with Crippen LogP contribution in [0.4, 0.5) is 5.69 Å². The third kappa shape index (κ3) is 5.04. The number of ether oxygens (including phenoxy) is 1. The van der Waals surface area contributed by atoms with E-state index in [0.29, 0.717) is 22.4 Å². The molecule has 8 heteroatoms. The molecule has 198 valence electrons. The number of furan rings is 1. The normalized spacial score (nSPS) is 16.5. The largest absolute Gasteiger partial charge is 0.478 e. The van der Waals surface area contributed by atoms with Crippen molar-refractivity contribution in [2.45, 2.75) is 19.0 Å². The van der Waals surface area contributed by atoms with Crippen LogP contribution in [0.1, 0.15) is 39.5 Å². The standard InChI is InChI=1S/C32H25N3O4S/c1-20-5-13-24(14-6-20)38-25-15-11-23(12-16-25)35-30(29(34-32(35)40)26-4-2-3-19-33-26)28-18-17-27(39-28)21-7-9-22(10-8-21)31(36)37/h2-19,29-30H,1H3,(H,34,40)(H,36,37). The predicted molar refractivity (Wildman–Crippen MR) is 157 cm³/mol. The Morgan fingerprint density at radius 3 is 2.27 bits per heavy atom. The van der Waals surface area contributed by atoms with Gasteiger partial charge in [-0.15, -0.1) is 0 Å². The summed E-state index contributed by atoms with van der Waals surface area (Å²) in [5.41, 5.74) is 3.88. The number of anilines is 1. The molecule has 2 atom stereocenters. The molecule has 5 aromatic rings. The van der Waals surface area contributed by atoms with E-state index in [4.69, 9.17) is 21.4 Å². The van der Waals surface area contributed by atoms with Crippen LogP contribution in [-0.2, 0) is 0 Å². The van der Waals surface area contributed by atoms with Crippen molar-refractivity contribution in [3.8, 4) is 22.8 Å². The fourth-order valence-corrected chi connectivity index (χ4v) is 5.13. The van der Waals surface area contributed by atoms with Gasteiger partial charge in [0.05, 0.1) is 17.3 Å². The molecule has 1 aliphatic heterocycles. The summed E-state index contributed by atoms with van der Waals surface area (Å²) in [6.45, 7) is 2.04. The second kappa shape index (κ2) is 10.7. The van der Waals surface area contributed by atoms with Crippen LogP contribution in [0.15, 0.2) is 114 Å². The number of rotatable bonds is 7. The number of pyridine rings is 1. The van der Waals surface area contributed by atoms with E-state index in [-0.39, 0.29) is 17.6 Å². The molecule has 0 spiro atoms. The van der Waals surface area contributed by atoms with Gasteiger partial charge in [-0.05, 0) is 91.9 Å². The Morgan fingerprint density at radius 2 is 1.62 bits per heavy atom. The zero-order chi connectivity index (χ0) is 27.6. The summed E-state index contributed by atoms with van der Waals surface area (Å²) in [4.78, 5) is 17.9. The van der Waals surface area contributed by atoms with Crippen LogP contribution in [-0.4, -0.2) is 21.2 Å². The van der Waals surface area contributed by atoms with Gasteiger partial charge in [0.25, 0.3) is 0 Å². The Hall–Kier alpha value is -4.95. The van der Waals surface area contributed by atoms with Crippen LogP contribution in [0.5, 0.6) is 11.5 Å². The van der Waals surface area contributed by atoms with E-state index in [1.807, 2.05) is 90.7 Å². The van der Waals surface area contributed by atoms with Crippen molar-refractivity contribution in [3.05, 3.63) is 132 Å². The average Bonchev–Trinajstić information content (AvgIpc) is 3.60. The van der Waals surface area contributed by atoms with Crippen LogP contribution in [0.2, 0.25) is 0 Å². The number of aromatic carboxylic acids is 1. The second-order valence-corrected chi connectivity index (χ2v) is 9.88. The van der Waals surface area contributed by atoms with E-state index in [0.717, 1.165) is 22.7 Å². The molecule has 2 unspecified atom stereocenters. The smallest absolute Gasteiger partial charge is 0.335 e. The van der Waals surface area contributed by atoms with E-state index in [1.165, 1.54) is 5.56 Å². The van der Waals surface area contributed by atoms with Gasteiger partial charge in [-0.3, -0.25) is 4.98 Å². The highest BCUT2D eigenvalue weighted by Crippen LogP contribution is 2.43. The third-order valence-electron chi connectivity index (χ3n) is 6.80. The average molecular weight is 548 g/mol. The van der Waals surface area contributed by atoms with E-state index >= 15 is 0 Å². The van der Waals surface area contributed by atoms with Gasteiger partial charge in [0.1, 0.15) is 29.1 Å². The van der Waals surface area contributed by atoms with Crippen molar-refractivity contribution in [2.24, 2.45) is 0 Å². The molecule has 0 saturated carbocycles. The molecule has 0 radical (unpaired) electrons. The highest BCUT2D eigenvalue weighted by molar-refractivity contribution is 7.80. The number of carbonyl (C=O) groups is 1. The Labute approximate surface area is 236 Å². The van der Waals surface area contributed by atoms with Gasteiger partial charge in [-0.25, -0.2) is 4.79 Å². The first kappa shape index (κ1) is 25.3. The Balaban J connectivity index is 1.33. The highest BCUT2D eigenvalue weighted by Gasteiger charge is 2.42. The van der Waals surface area contributed by atoms with Crippen molar-refractivity contribution in [1.29, 1.82) is 0 Å². The summed E-state index contributed by atoms with van der Waals surface area (Å²) >= 11 is 5.82. The topological polar surface area (TPSA) is 87.8 Å². The number of hydrogen-bond donors (Lipinski definition) is 2. The molecule has 0 bridgehead atoms. The summed E-state index contributed by atoms with van der Waals surface area (Å²) in [5, 5.41) is 13.2. The molecule has 2 N–H and O–H groups in total. The van der Waals surface area contributed by atoms with E-state index in [9.17, 15) is 9.90 Å². The lowest BCUT2D eigenvalue weighted by Crippen LogP contribution is -2.29. The fraction of sp³-hybridized carbons (Fsp3) is 0.0938. The van der Waals surface area contributed by atoms with Crippen molar-refractivity contribution in [2.75, 3.05) is 4.90 Å². The summed E-state index contributed by atoms with van der Waals surface area (Å²) in [5.74, 6) is 1.84. The minimum Gasteiger partial charge on any atom is -0.478 e. The molecular weight excluding hydrogens is 522 g/mol. The maximum Gasteiger partial charge on any atom is 0.335 e. The minimum atomic E-state index is -0.971. The Kier molecular flexibility index (Phi) is 6.76.